The van der Waals surface area contributed by atoms with Crippen LogP contribution in [0.1, 0.15) is 5.56 Å². The van der Waals surface area contributed by atoms with Crippen LogP contribution in [0.5, 0.6) is 0 Å². The third kappa shape index (κ3) is 3.16. The summed E-state index contributed by atoms with van der Waals surface area (Å²) in [4.78, 5) is 15.6. The molecule has 1 aromatic heterocycles. The zero-order valence-corrected chi connectivity index (χ0v) is 9.91. The molecule has 88 valence electrons. The fourth-order valence-electron chi connectivity index (χ4n) is 1.16. The average Bonchev–Trinajstić information content (AvgIpc) is 2.25. The summed E-state index contributed by atoms with van der Waals surface area (Å²) >= 11 is 5.83. The van der Waals surface area contributed by atoms with Crippen LogP contribution in [0.3, 0.4) is 0 Å². The number of halogens is 1. The predicted molar refractivity (Wildman–Crippen MR) is 62.5 cm³/mol. The van der Waals surface area contributed by atoms with E-state index in [1.54, 1.807) is 12.3 Å². The maximum Gasteiger partial charge on any atom is 0.254 e. The lowest BCUT2D eigenvalue weighted by molar-refractivity contribution is -0.125. The van der Waals surface area contributed by atoms with E-state index in [0.29, 0.717) is 5.69 Å². The van der Waals surface area contributed by atoms with E-state index in [-0.39, 0.29) is 17.6 Å². The highest BCUT2D eigenvalue weighted by Gasteiger charge is 2.17. The molecule has 0 saturated heterocycles. The minimum atomic E-state index is -0.684. The summed E-state index contributed by atoms with van der Waals surface area (Å²) in [6.45, 7) is 1.97. The van der Waals surface area contributed by atoms with Crippen molar-refractivity contribution in [3.8, 4) is 0 Å². The Morgan fingerprint density at radius 2 is 2.44 bits per heavy atom. The van der Waals surface area contributed by atoms with Crippen molar-refractivity contribution in [3.05, 3.63) is 23.0 Å². The second-order valence-electron chi connectivity index (χ2n) is 3.30. The van der Waals surface area contributed by atoms with E-state index in [1.165, 1.54) is 7.11 Å². The maximum atomic E-state index is 11.6. The molecule has 0 aliphatic carbocycles. The number of aryl methyl sites for hydroxylation is 1. The van der Waals surface area contributed by atoms with Crippen LogP contribution in [0.2, 0.25) is 5.15 Å². The first-order chi connectivity index (χ1) is 7.58. The normalized spacial score (nSPS) is 12.2. The zero-order valence-electron chi connectivity index (χ0n) is 9.16. The SMILES string of the molecule is COC(CN)C(=O)Nc1cc(C)cnc1Cl. The van der Waals surface area contributed by atoms with Crippen LogP contribution in [0, 0.1) is 6.92 Å². The van der Waals surface area contributed by atoms with Gasteiger partial charge < -0.3 is 15.8 Å². The summed E-state index contributed by atoms with van der Waals surface area (Å²) in [5, 5.41) is 2.86. The van der Waals surface area contributed by atoms with E-state index in [0.717, 1.165) is 5.56 Å². The van der Waals surface area contributed by atoms with Crippen molar-refractivity contribution in [1.29, 1.82) is 0 Å². The van der Waals surface area contributed by atoms with Crippen molar-refractivity contribution in [1.82, 2.24) is 4.98 Å². The van der Waals surface area contributed by atoms with Gasteiger partial charge in [-0.05, 0) is 18.6 Å². The molecule has 0 aliphatic rings. The van der Waals surface area contributed by atoms with Gasteiger partial charge in [0.2, 0.25) is 0 Å². The van der Waals surface area contributed by atoms with Crippen LogP contribution in [0.25, 0.3) is 0 Å². The maximum absolute atomic E-state index is 11.6. The number of anilines is 1. The lowest BCUT2D eigenvalue weighted by atomic mass is 10.2. The third-order valence-corrected chi connectivity index (χ3v) is 2.33. The summed E-state index contributed by atoms with van der Waals surface area (Å²) in [5.74, 6) is -0.334. The van der Waals surface area contributed by atoms with E-state index < -0.39 is 6.10 Å². The number of nitrogens with one attached hydrogen (secondary N) is 1. The van der Waals surface area contributed by atoms with Crippen LogP contribution >= 0.6 is 11.6 Å². The molecular formula is C10H14ClN3O2. The quantitative estimate of drug-likeness (QED) is 0.772. The van der Waals surface area contributed by atoms with E-state index in [4.69, 9.17) is 22.1 Å². The van der Waals surface area contributed by atoms with Gasteiger partial charge in [0.05, 0.1) is 5.69 Å². The number of hydrogen-bond donors (Lipinski definition) is 2. The Bertz CT molecular complexity index is 380. The predicted octanol–water partition coefficient (Wildman–Crippen LogP) is 0.956. The van der Waals surface area contributed by atoms with Crippen LogP contribution < -0.4 is 11.1 Å². The number of rotatable bonds is 4. The number of methoxy groups -OCH3 is 1. The molecule has 0 fully saturated rings. The Kier molecular flexibility index (Phi) is 4.67. The Balaban J connectivity index is 2.80. The highest BCUT2D eigenvalue weighted by Crippen LogP contribution is 2.19. The first-order valence-corrected chi connectivity index (χ1v) is 5.12. The number of carbonyl (C=O) groups excluding carboxylic acids is 1. The van der Waals surface area contributed by atoms with Gasteiger partial charge >= 0.3 is 0 Å². The third-order valence-electron chi connectivity index (χ3n) is 2.02. The number of nitrogens with zero attached hydrogens (tertiary/aromatic N) is 1. The number of carbonyl (C=O) groups is 1. The molecule has 1 rings (SSSR count). The molecule has 1 unspecified atom stereocenters. The van der Waals surface area contributed by atoms with Gasteiger partial charge in [-0.3, -0.25) is 4.79 Å². The van der Waals surface area contributed by atoms with Gasteiger partial charge in [-0.25, -0.2) is 4.98 Å². The van der Waals surface area contributed by atoms with E-state index in [9.17, 15) is 4.79 Å². The molecule has 1 aromatic rings. The van der Waals surface area contributed by atoms with Crippen LogP contribution in [-0.2, 0) is 9.53 Å². The average molecular weight is 244 g/mol. The lowest BCUT2D eigenvalue weighted by Gasteiger charge is -2.13. The van der Waals surface area contributed by atoms with Crippen LogP contribution in [-0.4, -0.2) is 30.6 Å². The van der Waals surface area contributed by atoms with E-state index >= 15 is 0 Å². The summed E-state index contributed by atoms with van der Waals surface area (Å²) < 4.78 is 4.90. The molecule has 6 heteroatoms. The highest BCUT2D eigenvalue weighted by molar-refractivity contribution is 6.32. The molecular weight excluding hydrogens is 230 g/mol. The van der Waals surface area contributed by atoms with Crippen molar-refractivity contribution in [2.75, 3.05) is 19.0 Å². The second-order valence-corrected chi connectivity index (χ2v) is 3.66. The van der Waals surface area contributed by atoms with Gasteiger partial charge in [-0.15, -0.1) is 0 Å². The van der Waals surface area contributed by atoms with Crippen LogP contribution in [0.15, 0.2) is 12.3 Å². The fraction of sp³-hybridized carbons (Fsp3) is 0.400. The summed E-state index contributed by atoms with van der Waals surface area (Å²) in [6, 6.07) is 1.73. The van der Waals surface area contributed by atoms with Gasteiger partial charge in [-0.2, -0.15) is 0 Å². The Labute approximate surface area is 98.9 Å². The largest absolute Gasteiger partial charge is 0.370 e. The standard InChI is InChI=1S/C10H14ClN3O2/c1-6-3-7(9(11)13-5-6)14-10(15)8(4-12)16-2/h3,5,8H,4,12H2,1-2H3,(H,14,15). The highest BCUT2D eigenvalue weighted by atomic mass is 35.5. The number of hydrogen-bond acceptors (Lipinski definition) is 4. The van der Waals surface area contributed by atoms with Gasteiger partial charge in [-0.1, -0.05) is 11.6 Å². The van der Waals surface area contributed by atoms with Crippen molar-refractivity contribution in [2.45, 2.75) is 13.0 Å². The molecule has 5 nitrogen and oxygen atoms in total. The molecule has 0 aliphatic heterocycles. The smallest absolute Gasteiger partial charge is 0.254 e. The molecule has 1 atom stereocenters. The van der Waals surface area contributed by atoms with E-state index in [2.05, 4.69) is 10.3 Å². The summed E-state index contributed by atoms with van der Waals surface area (Å²) in [6.07, 6.45) is 0.936. The zero-order chi connectivity index (χ0) is 12.1. The first-order valence-electron chi connectivity index (χ1n) is 4.74. The number of ether oxygens (including phenoxy) is 1. The number of aromatic nitrogens is 1. The molecule has 0 radical (unpaired) electrons. The van der Waals surface area contributed by atoms with Crippen molar-refractivity contribution >= 4 is 23.2 Å². The number of pyridine rings is 1. The van der Waals surface area contributed by atoms with Gasteiger partial charge in [0.25, 0.3) is 5.91 Å². The number of amides is 1. The van der Waals surface area contributed by atoms with Crippen molar-refractivity contribution in [3.63, 3.8) is 0 Å². The Hall–Kier alpha value is -1.17. The lowest BCUT2D eigenvalue weighted by Crippen LogP contribution is -2.36. The topological polar surface area (TPSA) is 77.2 Å². The number of nitrogens with two attached hydrogens (primary N) is 1. The molecule has 0 aromatic carbocycles. The minimum Gasteiger partial charge on any atom is -0.370 e. The fourth-order valence-corrected chi connectivity index (χ4v) is 1.31. The second kappa shape index (κ2) is 5.79. The van der Waals surface area contributed by atoms with Crippen LogP contribution in [0.4, 0.5) is 5.69 Å². The Morgan fingerprint density at radius 1 is 1.75 bits per heavy atom. The van der Waals surface area contributed by atoms with E-state index in [1.807, 2.05) is 6.92 Å². The molecule has 0 saturated carbocycles. The van der Waals surface area contributed by atoms with Crippen molar-refractivity contribution < 1.29 is 9.53 Å². The van der Waals surface area contributed by atoms with Gasteiger partial charge in [0, 0.05) is 19.9 Å². The first kappa shape index (κ1) is 12.9. The summed E-state index contributed by atoms with van der Waals surface area (Å²) in [5.41, 5.74) is 6.74. The van der Waals surface area contributed by atoms with Gasteiger partial charge in [0.15, 0.2) is 5.15 Å². The Morgan fingerprint density at radius 3 is 3.00 bits per heavy atom. The monoisotopic (exact) mass is 243 g/mol. The molecule has 3 N–H and O–H groups in total. The van der Waals surface area contributed by atoms with Crippen molar-refractivity contribution in [2.24, 2.45) is 5.73 Å². The molecule has 1 heterocycles. The summed E-state index contributed by atoms with van der Waals surface area (Å²) in [7, 11) is 1.42. The minimum absolute atomic E-state index is 0.110. The molecule has 16 heavy (non-hydrogen) atoms. The molecule has 0 bridgehead atoms. The molecule has 1 amide bonds. The van der Waals surface area contributed by atoms with Gasteiger partial charge in [0.1, 0.15) is 6.10 Å². The molecule has 0 spiro atoms.